The molecule has 2 aromatic rings. The molecule has 0 bridgehead atoms. The quantitative estimate of drug-likeness (QED) is 0.615. The Balaban J connectivity index is 2.04. The first-order valence-corrected chi connectivity index (χ1v) is 7.21. The average Bonchev–Trinajstić information content (AvgIpc) is 3.01. The molecule has 1 amide bonds. The summed E-state index contributed by atoms with van der Waals surface area (Å²) in [5.74, 6) is 0.415. The molecule has 0 saturated carbocycles. The summed E-state index contributed by atoms with van der Waals surface area (Å²) >= 11 is 0. The van der Waals surface area contributed by atoms with Crippen LogP contribution < -0.4 is 14.8 Å². The minimum absolute atomic E-state index is 0.00619. The van der Waals surface area contributed by atoms with Crippen molar-refractivity contribution < 1.29 is 19.2 Å². The normalized spacial score (nSPS) is 10.5. The summed E-state index contributed by atoms with van der Waals surface area (Å²) in [7, 11) is 1.41. The Morgan fingerprint density at radius 3 is 2.79 bits per heavy atom. The lowest BCUT2D eigenvalue weighted by Gasteiger charge is -2.12. The number of hydrogen-bond acceptors (Lipinski definition) is 6. The zero-order valence-electron chi connectivity index (χ0n) is 13.6. The molecule has 0 aliphatic heterocycles. The summed E-state index contributed by atoms with van der Waals surface area (Å²) in [4.78, 5) is 22.5. The van der Waals surface area contributed by atoms with Crippen LogP contribution in [0.3, 0.4) is 0 Å². The molecule has 0 spiro atoms. The second-order valence-corrected chi connectivity index (χ2v) is 5.18. The molecule has 1 N–H and O–H groups in total. The van der Waals surface area contributed by atoms with Gasteiger partial charge in [0.2, 0.25) is 0 Å². The lowest BCUT2D eigenvalue weighted by Crippen LogP contribution is -2.22. The number of hydrogen-bond donors (Lipinski definition) is 1. The Hall–Kier alpha value is -3.10. The van der Waals surface area contributed by atoms with Gasteiger partial charge < -0.3 is 14.8 Å². The van der Waals surface area contributed by atoms with Gasteiger partial charge in [0.25, 0.3) is 5.91 Å². The molecule has 9 heteroatoms. The third-order valence-electron chi connectivity index (χ3n) is 3.15. The first kappa shape index (κ1) is 17.3. The van der Waals surface area contributed by atoms with E-state index in [0.717, 1.165) is 0 Å². The van der Waals surface area contributed by atoms with Crippen molar-refractivity contribution in [2.75, 3.05) is 19.0 Å². The number of benzene rings is 1. The predicted octanol–water partition coefficient (Wildman–Crippen LogP) is 2.40. The van der Waals surface area contributed by atoms with Gasteiger partial charge in [-0.1, -0.05) is 0 Å². The summed E-state index contributed by atoms with van der Waals surface area (Å²) in [6.07, 6.45) is 1.57. The van der Waals surface area contributed by atoms with Crippen LogP contribution in [-0.2, 0) is 4.79 Å². The maximum absolute atomic E-state index is 12.0. The van der Waals surface area contributed by atoms with Crippen molar-refractivity contribution in [1.29, 1.82) is 0 Å². The molecule has 0 aliphatic carbocycles. The fraction of sp³-hybridized carbons (Fsp3) is 0.333. The van der Waals surface area contributed by atoms with E-state index in [9.17, 15) is 14.9 Å². The number of amides is 1. The van der Waals surface area contributed by atoms with Crippen molar-refractivity contribution in [2.24, 2.45) is 0 Å². The second kappa shape index (κ2) is 7.44. The van der Waals surface area contributed by atoms with Crippen LogP contribution in [-0.4, -0.2) is 34.3 Å². The molecular weight excluding hydrogens is 316 g/mol. The number of aromatic nitrogens is 2. The van der Waals surface area contributed by atoms with E-state index in [0.29, 0.717) is 11.6 Å². The predicted molar refractivity (Wildman–Crippen MR) is 86.4 cm³/mol. The van der Waals surface area contributed by atoms with E-state index in [-0.39, 0.29) is 24.1 Å². The Morgan fingerprint density at radius 1 is 1.42 bits per heavy atom. The molecule has 1 aromatic heterocycles. The number of nitrogens with one attached hydrogen (secondary N) is 1. The number of carbonyl (C=O) groups is 1. The van der Waals surface area contributed by atoms with E-state index in [1.54, 1.807) is 16.9 Å². The van der Waals surface area contributed by atoms with Gasteiger partial charge in [-0.15, -0.1) is 0 Å². The summed E-state index contributed by atoms with van der Waals surface area (Å²) in [6.45, 7) is 3.50. The number of ether oxygens (including phenoxy) is 2. The Bertz CT molecular complexity index is 741. The van der Waals surface area contributed by atoms with Gasteiger partial charge >= 0.3 is 5.69 Å². The van der Waals surface area contributed by atoms with Crippen LogP contribution in [0.5, 0.6) is 11.5 Å². The van der Waals surface area contributed by atoms with Crippen LogP contribution in [0.25, 0.3) is 0 Å². The van der Waals surface area contributed by atoms with Gasteiger partial charge in [-0.25, -0.2) is 4.68 Å². The van der Waals surface area contributed by atoms with Crippen molar-refractivity contribution in [3.8, 4) is 11.5 Å². The number of rotatable bonds is 7. The SMILES string of the molecule is COc1ccc(OCC(=O)Nc2ccnn2C(C)C)c([N+](=O)[O-])c1. The van der Waals surface area contributed by atoms with Gasteiger partial charge in [0.05, 0.1) is 24.3 Å². The van der Waals surface area contributed by atoms with Crippen LogP contribution in [0.15, 0.2) is 30.5 Å². The lowest BCUT2D eigenvalue weighted by atomic mass is 10.3. The number of nitro groups is 1. The molecule has 128 valence electrons. The van der Waals surface area contributed by atoms with E-state index in [2.05, 4.69) is 10.4 Å². The lowest BCUT2D eigenvalue weighted by molar-refractivity contribution is -0.385. The summed E-state index contributed by atoms with van der Waals surface area (Å²) in [6, 6.07) is 5.89. The molecule has 0 unspecified atom stereocenters. The molecular formula is C15H18N4O5. The summed E-state index contributed by atoms with van der Waals surface area (Å²) in [5.41, 5.74) is -0.269. The molecule has 2 rings (SSSR count). The molecule has 0 atom stereocenters. The van der Waals surface area contributed by atoms with Crippen LogP contribution in [0.4, 0.5) is 11.5 Å². The minimum atomic E-state index is -0.594. The number of anilines is 1. The fourth-order valence-corrected chi connectivity index (χ4v) is 2.04. The molecule has 24 heavy (non-hydrogen) atoms. The topological polar surface area (TPSA) is 109 Å². The molecule has 0 saturated heterocycles. The zero-order chi connectivity index (χ0) is 17.7. The third-order valence-corrected chi connectivity index (χ3v) is 3.15. The summed E-state index contributed by atoms with van der Waals surface area (Å²) < 4.78 is 11.9. The molecule has 0 radical (unpaired) electrons. The van der Waals surface area contributed by atoms with Crippen molar-refractivity contribution in [3.63, 3.8) is 0 Å². The standard InChI is InChI=1S/C15H18N4O5/c1-10(2)18-14(6-7-16-18)17-15(20)9-24-13-5-4-11(23-3)8-12(13)19(21)22/h4-8,10H,9H2,1-3H3,(H,17,20). The van der Waals surface area contributed by atoms with Gasteiger partial charge in [0.1, 0.15) is 11.6 Å². The van der Waals surface area contributed by atoms with Crippen molar-refractivity contribution in [3.05, 3.63) is 40.6 Å². The molecule has 0 aliphatic rings. The van der Waals surface area contributed by atoms with Crippen LogP contribution in [0, 0.1) is 10.1 Å². The molecule has 9 nitrogen and oxygen atoms in total. The summed E-state index contributed by atoms with van der Waals surface area (Å²) in [5, 5.41) is 17.8. The highest BCUT2D eigenvalue weighted by molar-refractivity contribution is 5.91. The Kier molecular flexibility index (Phi) is 5.35. The van der Waals surface area contributed by atoms with Crippen LogP contribution >= 0.6 is 0 Å². The van der Waals surface area contributed by atoms with E-state index >= 15 is 0 Å². The highest BCUT2D eigenvalue weighted by Crippen LogP contribution is 2.30. The third kappa shape index (κ3) is 4.00. The Labute approximate surface area is 138 Å². The van der Waals surface area contributed by atoms with Crippen LogP contribution in [0.2, 0.25) is 0 Å². The second-order valence-electron chi connectivity index (χ2n) is 5.18. The van der Waals surface area contributed by atoms with Crippen molar-refractivity contribution >= 4 is 17.4 Å². The Morgan fingerprint density at radius 2 is 2.17 bits per heavy atom. The van der Waals surface area contributed by atoms with E-state index in [4.69, 9.17) is 9.47 Å². The largest absolute Gasteiger partial charge is 0.496 e. The average molecular weight is 334 g/mol. The van der Waals surface area contributed by atoms with Crippen molar-refractivity contribution in [1.82, 2.24) is 9.78 Å². The first-order chi connectivity index (χ1) is 11.4. The van der Waals surface area contributed by atoms with Gasteiger partial charge in [-0.05, 0) is 26.0 Å². The number of nitro benzene ring substituents is 1. The van der Waals surface area contributed by atoms with Gasteiger partial charge in [-0.3, -0.25) is 14.9 Å². The first-order valence-electron chi connectivity index (χ1n) is 7.21. The smallest absolute Gasteiger partial charge is 0.314 e. The highest BCUT2D eigenvalue weighted by atomic mass is 16.6. The highest BCUT2D eigenvalue weighted by Gasteiger charge is 2.18. The molecule has 1 heterocycles. The van der Waals surface area contributed by atoms with E-state index in [1.807, 2.05) is 13.8 Å². The monoisotopic (exact) mass is 334 g/mol. The molecule has 1 aromatic carbocycles. The van der Waals surface area contributed by atoms with E-state index < -0.39 is 10.8 Å². The zero-order valence-corrected chi connectivity index (χ0v) is 13.6. The van der Waals surface area contributed by atoms with Crippen LogP contribution in [0.1, 0.15) is 19.9 Å². The van der Waals surface area contributed by atoms with Gasteiger partial charge in [-0.2, -0.15) is 5.10 Å². The number of nitrogens with zero attached hydrogens (tertiary/aromatic N) is 3. The number of methoxy groups -OCH3 is 1. The van der Waals surface area contributed by atoms with Crippen molar-refractivity contribution in [2.45, 2.75) is 19.9 Å². The number of carbonyl (C=O) groups excluding carboxylic acids is 1. The van der Waals surface area contributed by atoms with E-state index in [1.165, 1.54) is 25.3 Å². The van der Waals surface area contributed by atoms with Gasteiger partial charge in [0, 0.05) is 12.1 Å². The maximum atomic E-state index is 12.0. The minimum Gasteiger partial charge on any atom is -0.496 e. The maximum Gasteiger partial charge on any atom is 0.314 e. The molecule has 0 fully saturated rings. The fourth-order valence-electron chi connectivity index (χ4n) is 2.04. The van der Waals surface area contributed by atoms with Gasteiger partial charge in [0.15, 0.2) is 12.4 Å².